The van der Waals surface area contributed by atoms with Crippen LogP contribution in [0.1, 0.15) is 17.3 Å². The maximum atomic E-state index is 12.4. The summed E-state index contributed by atoms with van der Waals surface area (Å²) in [5.74, 6) is 0.0896. The zero-order valence-corrected chi connectivity index (χ0v) is 13.9. The Morgan fingerprint density at radius 2 is 1.84 bits per heavy atom. The number of carbonyl (C=O) groups is 1. The fourth-order valence-corrected chi connectivity index (χ4v) is 2.84. The number of fused-ring (bicyclic) bond motifs is 1. The van der Waals surface area contributed by atoms with Crippen molar-refractivity contribution in [3.05, 3.63) is 46.4 Å². The predicted molar refractivity (Wildman–Crippen MR) is 87.0 cm³/mol. The zero-order chi connectivity index (χ0) is 13.8. The molecular formula is C15H15Br2NO. The smallest absolute Gasteiger partial charge is 0.253 e. The highest BCUT2D eigenvalue weighted by Gasteiger charge is 2.13. The lowest BCUT2D eigenvalue weighted by molar-refractivity contribution is 0.0775. The highest BCUT2D eigenvalue weighted by Crippen LogP contribution is 2.21. The fraction of sp³-hybridized carbons (Fsp3) is 0.267. The van der Waals surface area contributed by atoms with E-state index in [1.165, 1.54) is 0 Å². The first-order valence-corrected chi connectivity index (χ1v) is 8.11. The van der Waals surface area contributed by atoms with E-state index in [1.807, 2.05) is 42.2 Å². The summed E-state index contributed by atoms with van der Waals surface area (Å²) in [5, 5.41) is 3.02. The molecule has 0 aliphatic rings. The van der Waals surface area contributed by atoms with Gasteiger partial charge in [0.2, 0.25) is 0 Å². The van der Waals surface area contributed by atoms with Crippen molar-refractivity contribution >= 4 is 48.5 Å². The minimum absolute atomic E-state index is 0.0896. The van der Waals surface area contributed by atoms with Gasteiger partial charge in [-0.3, -0.25) is 4.79 Å². The van der Waals surface area contributed by atoms with Gasteiger partial charge < -0.3 is 4.90 Å². The highest BCUT2D eigenvalue weighted by atomic mass is 79.9. The summed E-state index contributed by atoms with van der Waals surface area (Å²) in [5.41, 5.74) is 0.748. The zero-order valence-electron chi connectivity index (χ0n) is 10.7. The van der Waals surface area contributed by atoms with Gasteiger partial charge in [-0.2, -0.15) is 0 Å². The van der Waals surface area contributed by atoms with Gasteiger partial charge in [0.1, 0.15) is 0 Å². The number of alkyl halides is 1. The third-order valence-electron chi connectivity index (χ3n) is 3.07. The van der Waals surface area contributed by atoms with Crippen LogP contribution >= 0.6 is 31.9 Å². The van der Waals surface area contributed by atoms with E-state index in [9.17, 15) is 4.79 Å². The second-order valence-corrected chi connectivity index (χ2v) is 5.99. The van der Waals surface area contributed by atoms with E-state index in [4.69, 9.17) is 0 Å². The topological polar surface area (TPSA) is 20.3 Å². The van der Waals surface area contributed by atoms with Crippen molar-refractivity contribution in [2.45, 2.75) is 6.92 Å². The summed E-state index contributed by atoms with van der Waals surface area (Å²) in [6.45, 7) is 3.45. The normalized spacial score (nSPS) is 10.7. The molecule has 0 radical (unpaired) electrons. The molecule has 0 aliphatic carbocycles. The van der Waals surface area contributed by atoms with E-state index < -0.39 is 0 Å². The summed E-state index contributed by atoms with van der Waals surface area (Å²) in [6.07, 6.45) is 0. The molecule has 0 spiro atoms. The molecule has 4 heteroatoms. The average molecular weight is 385 g/mol. The number of benzene rings is 2. The largest absolute Gasteiger partial charge is 0.338 e. The molecular weight excluding hydrogens is 370 g/mol. The molecule has 0 aromatic heterocycles. The predicted octanol–water partition coefficient (Wildman–Crippen LogP) is 4.46. The third-order valence-corrected chi connectivity index (χ3v) is 3.92. The Morgan fingerprint density at radius 1 is 1.16 bits per heavy atom. The maximum absolute atomic E-state index is 12.4. The van der Waals surface area contributed by atoms with Gasteiger partial charge in [0.15, 0.2) is 0 Å². The maximum Gasteiger partial charge on any atom is 0.253 e. The lowest BCUT2D eigenvalue weighted by atomic mass is 10.1. The summed E-state index contributed by atoms with van der Waals surface area (Å²) in [4.78, 5) is 14.2. The van der Waals surface area contributed by atoms with E-state index in [2.05, 4.69) is 37.9 Å². The highest BCUT2D eigenvalue weighted by molar-refractivity contribution is 9.10. The number of hydrogen-bond donors (Lipinski definition) is 0. The van der Waals surface area contributed by atoms with Crippen molar-refractivity contribution in [3.8, 4) is 0 Å². The van der Waals surface area contributed by atoms with Crippen LogP contribution in [0, 0.1) is 0 Å². The monoisotopic (exact) mass is 383 g/mol. The SMILES string of the molecule is CCN(CCBr)C(=O)c1ccc2cc(Br)ccc2c1. The summed E-state index contributed by atoms with van der Waals surface area (Å²) < 4.78 is 1.05. The van der Waals surface area contributed by atoms with Crippen molar-refractivity contribution in [3.63, 3.8) is 0 Å². The third kappa shape index (κ3) is 3.37. The number of carbonyl (C=O) groups excluding carboxylic acids is 1. The van der Waals surface area contributed by atoms with Crippen LogP contribution in [0.4, 0.5) is 0 Å². The van der Waals surface area contributed by atoms with Gasteiger partial charge >= 0.3 is 0 Å². The van der Waals surface area contributed by atoms with Crippen molar-refractivity contribution < 1.29 is 4.79 Å². The first-order valence-electron chi connectivity index (χ1n) is 6.20. The van der Waals surface area contributed by atoms with Crippen LogP contribution in [0.5, 0.6) is 0 Å². The average Bonchev–Trinajstić information content (AvgIpc) is 2.43. The van der Waals surface area contributed by atoms with Crippen molar-refractivity contribution in [2.75, 3.05) is 18.4 Å². The van der Waals surface area contributed by atoms with E-state index in [0.717, 1.165) is 39.2 Å². The van der Waals surface area contributed by atoms with Crippen molar-refractivity contribution in [1.82, 2.24) is 4.90 Å². The van der Waals surface area contributed by atoms with Gasteiger partial charge in [-0.05, 0) is 42.0 Å². The lowest BCUT2D eigenvalue weighted by Gasteiger charge is -2.19. The van der Waals surface area contributed by atoms with Gasteiger partial charge in [-0.15, -0.1) is 0 Å². The van der Waals surface area contributed by atoms with Gasteiger partial charge in [-0.1, -0.05) is 44.0 Å². The Hall–Kier alpha value is -0.870. The van der Waals surface area contributed by atoms with Crippen LogP contribution in [-0.2, 0) is 0 Å². The van der Waals surface area contributed by atoms with Crippen molar-refractivity contribution in [1.29, 1.82) is 0 Å². The minimum Gasteiger partial charge on any atom is -0.338 e. The van der Waals surface area contributed by atoms with E-state index in [1.54, 1.807) is 0 Å². The molecule has 1 amide bonds. The van der Waals surface area contributed by atoms with E-state index in [-0.39, 0.29) is 5.91 Å². The molecule has 0 saturated carbocycles. The standard InChI is InChI=1S/C15H15Br2NO/c1-2-18(8-7-16)15(19)13-4-3-12-10-14(17)6-5-11(12)9-13/h3-6,9-10H,2,7-8H2,1H3. The molecule has 2 rings (SSSR count). The van der Waals surface area contributed by atoms with Gasteiger partial charge in [0, 0.05) is 28.5 Å². The van der Waals surface area contributed by atoms with E-state index in [0.29, 0.717) is 0 Å². The van der Waals surface area contributed by atoms with Crippen LogP contribution < -0.4 is 0 Å². The quantitative estimate of drug-likeness (QED) is 0.712. The molecule has 2 nitrogen and oxygen atoms in total. The minimum atomic E-state index is 0.0896. The Bertz CT molecular complexity index is 598. The number of halogens is 2. The van der Waals surface area contributed by atoms with Crippen LogP contribution in [0.3, 0.4) is 0 Å². The molecule has 0 heterocycles. The Kier molecular flexibility index (Phi) is 4.99. The molecule has 0 saturated heterocycles. The van der Waals surface area contributed by atoms with Crippen LogP contribution in [0.2, 0.25) is 0 Å². The number of rotatable bonds is 4. The van der Waals surface area contributed by atoms with Gasteiger partial charge in [0.05, 0.1) is 0 Å². The molecule has 2 aromatic rings. The molecule has 0 aliphatic heterocycles. The second kappa shape index (κ2) is 6.53. The second-order valence-electron chi connectivity index (χ2n) is 4.28. The van der Waals surface area contributed by atoms with Crippen LogP contribution in [0.25, 0.3) is 10.8 Å². The molecule has 2 aromatic carbocycles. The lowest BCUT2D eigenvalue weighted by Crippen LogP contribution is -2.32. The van der Waals surface area contributed by atoms with Gasteiger partial charge in [0.25, 0.3) is 5.91 Å². The molecule has 0 fully saturated rings. The van der Waals surface area contributed by atoms with Crippen LogP contribution in [0.15, 0.2) is 40.9 Å². The summed E-state index contributed by atoms with van der Waals surface area (Å²) in [7, 11) is 0. The van der Waals surface area contributed by atoms with E-state index >= 15 is 0 Å². The van der Waals surface area contributed by atoms with Crippen LogP contribution in [-0.4, -0.2) is 29.2 Å². The molecule has 100 valence electrons. The molecule has 19 heavy (non-hydrogen) atoms. The number of hydrogen-bond acceptors (Lipinski definition) is 1. The Morgan fingerprint density at radius 3 is 2.53 bits per heavy atom. The molecule has 0 N–H and O–H groups in total. The first-order chi connectivity index (χ1) is 9.15. The molecule has 0 atom stereocenters. The molecule has 0 bridgehead atoms. The van der Waals surface area contributed by atoms with Crippen molar-refractivity contribution in [2.24, 2.45) is 0 Å². The summed E-state index contributed by atoms with van der Waals surface area (Å²) >= 11 is 6.83. The fourth-order valence-electron chi connectivity index (χ4n) is 2.04. The summed E-state index contributed by atoms with van der Waals surface area (Å²) in [6, 6.07) is 11.9. The molecule has 0 unspecified atom stereocenters. The Labute approximate surface area is 130 Å². The Balaban J connectivity index is 2.35. The van der Waals surface area contributed by atoms with Gasteiger partial charge in [-0.25, -0.2) is 0 Å². The number of nitrogens with zero attached hydrogens (tertiary/aromatic N) is 1. The number of amides is 1. The first kappa shape index (κ1) is 14.5.